The fourth-order valence-corrected chi connectivity index (χ4v) is 3.03. The van der Waals surface area contributed by atoms with Crippen LogP contribution in [0.2, 0.25) is 0 Å². The second kappa shape index (κ2) is 5.83. The van der Waals surface area contributed by atoms with Crippen LogP contribution in [0.4, 0.5) is 0 Å². The predicted molar refractivity (Wildman–Crippen MR) is 79.6 cm³/mol. The molecule has 2 rings (SSSR count). The van der Waals surface area contributed by atoms with E-state index in [1.807, 2.05) is 4.90 Å². The smallest absolute Gasteiger partial charge is 0.327 e. The van der Waals surface area contributed by atoms with Crippen molar-refractivity contribution in [3.05, 3.63) is 16.6 Å². The van der Waals surface area contributed by atoms with E-state index in [9.17, 15) is 9.90 Å². The number of nitrogens with zero attached hydrogens (tertiary/aromatic N) is 3. The molecule has 1 aliphatic rings. The largest absolute Gasteiger partial charge is 0.480 e. The minimum absolute atomic E-state index is 0.124. The van der Waals surface area contributed by atoms with Crippen molar-refractivity contribution in [3.8, 4) is 0 Å². The highest BCUT2D eigenvalue weighted by Crippen LogP contribution is 2.27. The highest BCUT2D eigenvalue weighted by Gasteiger charge is 2.34. The molecule has 1 aliphatic heterocycles. The molecule has 0 amide bonds. The van der Waals surface area contributed by atoms with E-state index in [4.69, 9.17) is 0 Å². The monoisotopic (exact) mass is 344 g/mol. The highest BCUT2D eigenvalue weighted by molar-refractivity contribution is 9.10. The van der Waals surface area contributed by atoms with Crippen molar-refractivity contribution in [2.45, 2.75) is 32.4 Å². The van der Waals surface area contributed by atoms with E-state index in [0.29, 0.717) is 10.3 Å². The SMILES string of the molecule is CC(C)(C)N1CCN(C(C(=O)O)c2[nH]cnc2Br)CC1. The molecule has 0 bridgehead atoms. The van der Waals surface area contributed by atoms with Crippen molar-refractivity contribution in [2.24, 2.45) is 0 Å². The van der Waals surface area contributed by atoms with Crippen LogP contribution in [-0.4, -0.2) is 62.6 Å². The van der Waals surface area contributed by atoms with Gasteiger partial charge in [-0.25, -0.2) is 4.98 Å². The van der Waals surface area contributed by atoms with Crippen LogP contribution in [0.3, 0.4) is 0 Å². The summed E-state index contributed by atoms with van der Waals surface area (Å²) in [7, 11) is 0. The quantitative estimate of drug-likeness (QED) is 0.873. The Labute approximate surface area is 127 Å². The number of aromatic amines is 1. The van der Waals surface area contributed by atoms with Gasteiger partial charge in [-0.3, -0.25) is 14.6 Å². The van der Waals surface area contributed by atoms with Crippen LogP contribution < -0.4 is 0 Å². The first-order chi connectivity index (χ1) is 9.30. The molecule has 1 aromatic heterocycles. The first-order valence-electron chi connectivity index (χ1n) is 6.71. The van der Waals surface area contributed by atoms with Crippen LogP contribution in [0.5, 0.6) is 0 Å². The first kappa shape index (κ1) is 15.5. The summed E-state index contributed by atoms with van der Waals surface area (Å²) in [6, 6.07) is -0.672. The van der Waals surface area contributed by atoms with Crippen LogP contribution in [0.25, 0.3) is 0 Å². The van der Waals surface area contributed by atoms with Gasteiger partial charge in [0.2, 0.25) is 0 Å². The van der Waals surface area contributed by atoms with Crippen LogP contribution in [0, 0.1) is 0 Å². The van der Waals surface area contributed by atoms with Gasteiger partial charge in [0.15, 0.2) is 6.04 Å². The fraction of sp³-hybridized carbons (Fsp3) is 0.692. The summed E-state index contributed by atoms with van der Waals surface area (Å²) in [5.41, 5.74) is 0.737. The van der Waals surface area contributed by atoms with Crippen LogP contribution in [0.15, 0.2) is 10.9 Å². The Kier molecular flexibility index (Phi) is 4.51. The lowest BCUT2D eigenvalue weighted by molar-refractivity contribution is -0.144. The van der Waals surface area contributed by atoms with Crippen molar-refractivity contribution in [2.75, 3.05) is 26.2 Å². The third-order valence-electron chi connectivity index (χ3n) is 3.76. The van der Waals surface area contributed by atoms with Gasteiger partial charge in [0, 0.05) is 31.7 Å². The topological polar surface area (TPSA) is 72.5 Å². The molecular formula is C13H21BrN4O2. The zero-order chi connectivity index (χ0) is 14.9. The number of hydrogen-bond donors (Lipinski definition) is 2. The minimum Gasteiger partial charge on any atom is -0.480 e. The molecule has 1 fully saturated rings. The Bertz CT molecular complexity index is 475. The molecule has 2 heterocycles. The van der Waals surface area contributed by atoms with Gasteiger partial charge in [0.05, 0.1) is 12.0 Å². The van der Waals surface area contributed by atoms with E-state index in [0.717, 1.165) is 26.2 Å². The van der Waals surface area contributed by atoms with Gasteiger partial charge in [0.25, 0.3) is 0 Å². The molecule has 1 aromatic rings. The lowest BCUT2D eigenvalue weighted by Crippen LogP contribution is -2.54. The number of carboxylic acids is 1. The molecule has 6 nitrogen and oxygen atoms in total. The molecule has 112 valence electrons. The molecule has 7 heteroatoms. The molecular weight excluding hydrogens is 324 g/mol. The molecule has 0 aromatic carbocycles. The molecule has 0 saturated carbocycles. The predicted octanol–water partition coefficient (Wildman–Crippen LogP) is 1.71. The summed E-state index contributed by atoms with van der Waals surface area (Å²) >= 11 is 3.30. The van der Waals surface area contributed by atoms with E-state index >= 15 is 0 Å². The molecule has 0 spiro atoms. The molecule has 0 radical (unpaired) electrons. The Morgan fingerprint density at radius 3 is 2.40 bits per heavy atom. The van der Waals surface area contributed by atoms with E-state index in [2.05, 4.69) is 51.6 Å². The molecule has 1 unspecified atom stereocenters. The molecule has 20 heavy (non-hydrogen) atoms. The third kappa shape index (κ3) is 3.21. The van der Waals surface area contributed by atoms with Gasteiger partial charge in [-0.2, -0.15) is 0 Å². The van der Waals surface area contributed by atoms with Crippen LogP contribution in [0.1, 0.15) is 32.5 Å². The Morgan fingerprint density at radius 2 is 2.00 bits per heavy atom. The summed E-state index contributed by atoms with van der Waals surface area (Å²) in [5, 5.41) is 9.52. The summed E-state index contributed by atoms with van der Waals surface area (Å²) < 4.78 is 0.572. The van der Waals surface area contributed by atoms with Gasteiger partial charge >= 0.3 is 5.97 Å². The molecule has 1 atom stereocenters. The molecule has 2 N–H and O–H groups in total. The van der Waals surface area contributed by atoms with Gasteiger partial charge < -0.3 is 10.1 Å². The summed E-state index contributed by atoms with van der Waals surface area (Å²) in [5.74, 6) is -0.848. The van der Waals surface area contributed by atoms with Crippen molar-refractivity contribution in [1.82, 2.24) is 19.8 Å². The van der Waals surface area contributed by atoms with Crippen molar-refractivity contribution < 1.29 is 9.90 Å². The average molecular weight is 345 g/mol. The second-order valence-electron chi connectivity index (χ2n) is 6.04. The standard InChI is InChI=1S/C13H21BrN4O2/c1-13(2,3)18-6-4-17(5-7-18)10(12(19)20)9-11(14)16-8-15-9/h8,10H,4-7H2,1-3H3,(H,15,16)(H,19,20). The normalized spacial score (nSPS) is 20.0. The number of carbonyl (C=O) groups is 1. The Morgan fingerprint density at radius 1 is 1.40 bits per heavy atom. The fourth-order valence-electron chi connectivity index (χ4n) is 2.59. The maximum atomic E-state index is 11.6. The van der Waals surface area contributed by atoms with Gasteiger partial charge in [-0.05, 0) is 36.7 Å². The van der Waals surface area contributed by atoms with Crippen LogP contribution >= 0.6 is 15.9 Å². The number of H-pyrrole nitrogens is 1. The summed E-state index contributed by atoms with van der Waals surface area (Å²) in [6.07, 6.45) is 1.51. The number of imidazole rings is 1. The van der Waals surface area contributed by atoms with Crippen molar-refractivity contribution in [3.63, 3.8) is 0 Å². The summed E-state index contributed by atoms with van der Waals surface area (Å²) in [6.45, 7) is 9.77. The van der Waals surface area contributed by atoms with E-state index in [1.54, 1.807) is 0 Å². The molecule has 1 saturated heterocycles. The lowest BCUT2D eigenvalue weighted by Gasteiger charge is -2.43. The van der Waals surface area contributed by atoms with Crippen molar-refractivity contribution >= 4 is 21.9 Å². The Hall–Kier alpha value is -0.920. The van der Waals surface area contributed by atoms with Gasteiger partial charge in [-0.15, -0.1) is 0 Å². The number of hydrogen-bond acceptors (Lipinski definition) is 4. The van der Waals surface area contributed by atoms with Gasteiger partial charge in [0.1, 0.15) is 4.60 Å². The number of aromatic nitrogens is 2. The van der Waals surface area contributed by atoms with Gasteiger partial charge in [-0.1, -0.05) is 0 Å². The van der Waals surface area contributed by atoms with E-state index in [-0.39, 0.29) is 5.54 Å². The average Bonchev–Trinajstić information content (AvgIpc) is 2.75. The number of nitrogens with one attached hydrogen (secondary N) is 1. The maximum Gasteiger partial charge on any atom is 0.327 e. The molecule has 0 aliphatic carbocycles. The first-order valence-corrected chi connectivity index (χ1v) is 7.50. The van der Waals surface area contributed by atoms with Crippen molar-refractivity contribution in [1.29, 1.82) is 0 Å². The Balaban J connectivity index is 2.11. The van der Waals surface area contributed by atoms with E-state index < -0.39 is 12.0 Å². The summed E-state index contributed by atoms with van der Waals surface area (Å²) in [4.78, 5) is 22.9. The number of rotatable bonds is 3. The van der Waals surface area contributed by atoms with Crippen LogP contribution in [-0.2, 0) is 4.79 Å². The zero-order valence-electron chi connectivity index (χ0n) is 12.1. The second-order valence-corrected chi connectivity index (χ2v) is 6.79. The van der Waals surface area contributed by atoms with E-state index in [1.165, 1.54) is 6.33 Å². The maximum absolute atomic E-state index is 11.6. The number of aliphatic carboxylic acids is 1. The third-order valence-corrected chi connectivity index (χ3v) is 4.39. The minimum atomic E-state index is -0.848. The lowest BCUT2D eigenvalue weighted by atomic mass is 10.0. The zero-order valence-corrected chi connectivity index (χ0v) is 13.6. The number of halogens is 1. The number of piperazine rings is 1. The number of carboxylic acid groups (broad SMARTS) is 1. The highest BCUT2D eigenvalue weighted by atomic mass is 79.9.